The summed E-state index contributed by atoms with van der Waals surface area (Å²) in [6, 6.07) is 21.6. The molecule has 1 amide bonds. The van der Waals surface area contributed by atoms with Crippen LogP contribution in [0.25, 0.3) is 0 Å². The minimum absolute atomic E-state index is 0.0745. The van der Waals surface area contributed by atoms with E-state index in [-0.39, 0.29) is 12.0 Å². The summed E-state index contributed by atoms with van der Waals surface area (Å²) in [5.41, 5.74) is 2.62. The van der Waals surface area contributed by atoms with Gasteiger partial charge in [-0.25, -0.2) is 4.98 Å². The first-order chi connectivity index (χ1) is 14.8. The highest BCUT2D eigenvalue weighted by Gasteiger charge is 2.32. The third kappa shape index (κ3) is 3.77. The summed E-state index contributed by atoms with van der Waals surface area (Å²) in [5.74, 6) is 1.43. The van der Waals surface area contributed by atoms with E-state index in [1.807, 2.05) is 12.4 Å². The van der Waals surface area contributed by atoms with Crippen LogP contribution in [0.3, 0.4) is 0 Å². The summed E-state index contributed by atoms with van der Waals surface area (Å²) in [7, 11) is 0. The molecule has 1 aromatic heterocycles. The SMILES string of the molecule is O=C(C1CCn2ccnc2C1)N1CCN(C(c2ccccc2)c2ccccc2)CC1. The van der Waals surface area contributed by atoms with Gasteiger partial charge in [-0.05, 0) is 17.5 Å². The van der Waals surface area contributed by atoms with Gasteiger partial charge in [0.05, 0.1) is 6.04 Å². The molecule has 0 N–H and O–H groups in total. The molecule has 0 spiro atoms. The van der Waals surface area contributed by atoms with Crippen molar-refractivity contribution in [3.63, 3.8) is 0 Å². The molecule has 5 rings (SSSR count). The van der Waals surface area contributed by atoms with E-state index in [1.54, 1.807) is 0 Å². The van der Waals surface area contributed by atoms with Crippen LogP contribution < -0.4 is 0 Å². The number of fused-ring (bicyclic) bond motifs is 1. The van der Waals surface area contributed by atoms with E-state index < -0.39 is 0 Å². The van der Waals surface area contributed by atoms with Crippen molar-refractivity contribution >= 4 is 5.91 Å². The lowest BCUT2D eigenvalue weighted by molar-refractivity contribution is -0.138. The van der Waals surface area contributed by atoms with Crippen LogP contribution in [0.4, 0.5) is 0 Å². The molecule has 1 atom stereocenters. The Balaban J connectivity index is 1.28. The predicted octanol–water partition coefficient (Wildman–Crippen LogP) is 3.38. The summed E-state index contributed by atoms with van der Waals surface area (Å²) in [6.07, 6.45) is 5.54. The molecule has 0 aliphatic carbocycles. The molecule has 0 radical (unpaired) electrons. The second-order valence-corrected chi connectivity index (χ2v) is 8.31. The van der Waals surface area contributed by atoms with E-state index >= 15 is 0 Å². The normalized spacial score (nSPS) is 19.6. The quantitative estimate of drug-likeness (QED) is 0.674. The largest absolute Gasteiger partial charge is 0.340 e. The van der Waals surface area contributed by atoms with Crippen LogP contribution in [-0.4, -0.2) is 51.4 Å². The molecule has 2 aliphatic rings. The van der Waals surface area contributed by atoms with Crippen LogP contribution in [-0.2, 0) is 17.8 Å². The number of carbonyl (C=O) groups is 1. The zero-order chi connectivity index (χ0) is 20.3. The lowest BCUT2D eigenvalue weighted by Crippen LogP contribution is -2.52. The standard InChI is InChI=1S/C25H28N4O/c30-25(22-11-13-27-14-12-26-23(27)19-22)29-17-15-28(16-18-29)24(20-7-3-1-4-8-20)21-9-5-2-6-10-21/h1-10,12,14,22,24H,11,13,15-19H2. The maximum absolute atomic E-state index is 13.2. The van der Waals surface area contributed by atoms with Crippen LogP contribution in [0.1, 0.15) is 29.4 Å². The number of carbonyl (C=O) groups excluding carboxylic acids is 1. The second kappa shape index (κ2) is 8.44. The van der Waals surface area contributed by atoms with Crippen molar-refractivity contribution in [1.29, 1.82) is 0 Å². The number of hydrogen-bond donors (Lipinski definition) is 0. The molecule has 5 nitrogen and oxygen atoms in total. The average Bonchev–Trinajstić information content (AvgIpc) is 3.29. The molecule has 0 saturated carbocycles. The van der Waals surface area contributed by atoms with Crippen LogP contribution in [0.2, 0.25) is 0 Å². The Morgan fingerprint density at radius 3 is 2.13 bits per heavy atom. The summed E-state index contributed by atoms with van der Waals surface area (Å²) in [4.78, 5) is 22.2. The number of nitrogens with zero attached hydrogens (tertiary/aromatic N) is 4. The second-order valence-electron chi connectivity index (χ2n) is 8.31. The van der Waals surface area contributed by atoms with Crippen molar-refractivity contribution in [2.24, 2.45) is 5.92 Å². The highest BCUT2D eigenvalue weighted by molar-refractivity contribution is 5.79. The number of piperazine rings is 1. The minimum Gasteiger partial charge on any atom is -0.340 e. The van der Waals surface area contributed by atoms with Gasteiger partial charge >= 0.3 is 0 Å². The van der Waals surface area contributed by atoms with Crippen molar-refractivity contribution in [3.8, 4) is 0 Å². The summed E-state index contributed by atoms with van der Waals surface area (Å²) >= 11 is 0. The topological polar surface area (TPSA) is 41.4 Å². The van der Waals surface area contributed by atoms with Gasteiger partial charge in [0.2, 0.25) is 5.91 Å². The van der Waals surface area contributed by atoms with Gasteiger partial charge in [0.1, 0.15) is 5.82 Å². The maximum Gasteiger partial charge on any atom is 0.226 e. The molecule has 2 aliphatic heterocycles. The maximum atomic E-state index is 13.2. The number of imidazole rings is 1. The van der Waals surface area contributed by atoms with E-state index in [9.17, 15) is 4.79 Å². The molecule has 3 aromatic rings. The zero-order valence-corrected chi connectivity index (χ0v) is 17.2. The van der Waals surface area contributed by atoms with Crippen molar-refractivity contribution in [2.75, 3.05) is 26.2 Å². The molecule has 154 valence electrons. The molecule has 30 heavy (non-hydrogen) atoms. The fraction of sp³-hybridized carbons (Fsp3) is 0.360. The molecule has 1 fully saturated rings. The highest BCUT2D eigenvalue weighted by Crippen LogP contribution is 2.30. The number of aromatic nitrogens is 2. The fourth-order valence-electron chi connectivity index (χ4n) is 4.91. The smallest absolute Gasteiger partial charge is 0.226 e. The van der Waals surface area contributed by atoms with Gasteiger partial charge in [-0.3, -0.25) is 9.69 Å². The molecule has 3 heterocycles. The number of hydrogen-bond acceptors (Lipinski definition) is 3. The highest BCUT2D eigenvalue weighted by atomic mass is 16.2. The molecule has 1 unspecified atom stereocenters. The Morgan fingerprint density at radius 2 is 1.50 bits per heavy atom. The Bertz CT molecular complexity index is 937. The van der Waals surface area contributed by atoms with Crippen LogP contribution in [0.5, 0.6) is 0 Å². The Morgan fingerprint density at radius 1 is 0.867 bits per heavy atom. The fourth-order valence-corrected chi connectivity index (χ4v) is 4.91. The van der Waals surface area contributed by atoms with Gasteiger partial charge in [-0.1, -0.05) is 60.7 Å². The van der Waals surface area contributed by atoms with Crippen LogP contribution in [0.15, 0.2) is 73.1 Å². The van der Waals surface area contributed by atoms with Crippen molar-refractivity contribution in [2.45, 2.75) is 25.4 Å². The van der Waals surface area contributed by atoms with Crippen molar-refractivity contribution in [1.82, 2.24) is 19.4 Å². The van der Waals surface area contributed by atoms with E-state index in [2.05, 4.69) is 80.0 Å². The van der Waals surface area contributed by atoms with E-state index in [0.717, 1.165) is 51.4 Å². The molecule has 5 heteroatoms. The van der Waals surface area contributed by atoms with Crippen molar-refractivity contribution in [3.05, 3.63) is 90.0 Å². The number of aryl methyl sites for hydroxylation is 1. The van der Waals surface area contributed by atoms with Gasteiger partial charge in [0.15, 0.2) is 0 Å². The molecular formula is C25H28N4O. The summed E-state index contributed by atoms with van der Waals surface area (Å²) < 4.78 is 2.17. The number of amides is 1. The Kier molecular flexibility index (Phi) is 5.37. The Hall–Kier alpha value is -2.92. The third-order valence-corrected chi connectivity index (χ3v) is 6.52. The summed E-state index contributed by atoms with van der Waals surface area (Å²) in [5, 5.41) is 0. The lowest BCUT2D eigenvalue weighted by Gasteiger charge is -2.41. The van der Waals surface area contributed by atoms with Gasteiger partial charge < -0.3 is 9.47 Å². The first-order valence-electron chi connectivity index (χ1n) is 10.9. The minimum atomic E-state index is 0.0745. The van der Waals surface area contributed by atoms with E-state index in [0.29, 0.717) is 5.91 Å². The first-order valence-corrected chi connectivity index (χ1v) is 10.9. The molecule has 1 saturated heterocycles. The Labute approximate surface area is 178 Å². The first kappa shape index (κ1) is 19.1. The molecular weight excluding hydrogens is 372 g/mol. The third-order valence-electron chi connectivity index (χ3n) is 6.52. The van der Waals surface area contributed by atoms with Gasteiger partial charge in [-0.2, -0.15) is 0 Å². The van der Waals surface area contributed by atoms with Gasteiger partial charge in [0.25, 0.3) is 0 Å². The lowest BCUT2D eigenvalue weighted by atomic mass is 9.94. The predicted molar refractivity (Wildman–Crippen MR) is 117 cm³/mol. The average molecular weight is 401 g/mol. The van der Waals surface area contributed by atoms with Crippen LogP contribution >= 0.6 is 0 Å². The van der Waals surface area contributed by atoms with Crippen molar-refractivity contribution < 1.29 is 4.79 Å². The van der Waals surface area contributed by atoms with Crippen LogP contribution in [0, 0.1) is 5.92 Å². The van der Waals surface area contributed by atoms with E-state index in [4.69, 9.17) is 0 Å². The number of rotatable bonds is 4. The zero-order valence-electron chi connectivity index (χ0n) is 17.2. The number of benzene rings is 2. The molecule has 0 bridgehead atoms. The summed E-state index contributed by atoms with van der Waals surface area (Å²) in [6.45, 7) is 4.26. The molecule has 2 aromatic carbocycles. The van der Waals surface area contributed by atoms with E-state index in [1.165, 1.54) is 11.1 Å². The van der Waals surface area contributed by atoms with Gasteiger partial charge in [-0.15, -0.1) is 0 Å². The monoisotopic (exact) mass is 400 g/mol. The van der Waals surface area contributed by atoms with Gasteiger partial charge in [0, 0.05) is 57.5 Å².